The molecule has 0 aromatic carbocycles. The van der Waals surface area contributed by atoms with Crippen molar-refractivity contribution in [2.75, 3.05) is 6.61 Å². The lowest BCUT2D eigenvalue weighted by molar-refractivity contribution is -0.123. The van der Waals surface area contributed by atoms with Crippen LogP contribution in [-0.4, -0.2) is 34.9 Å². The standard InChI is InChI=1S/C55H85NO3/c1-3-5-7-9-11-13-14-15-16-17-18-19-20-21-22-23-24-25-26-27-28-29-30-31-32-33-34-35-36-37-38-39-40-41-42-43-45-47-49-51-55(59)56-53(52-57)54(58)50-48-46-44-12-10-8-6-4-2/h5,7,11,13,15-16,18-19,21-22,24-25,27-28,30-31,33-34,36-37,39-40,42-43,48,50,53-54,57-58H,3-4,6,8-10,12,14,17,20,23,26,29,32,35,38,41,44-47,49,51-52H2,1-2H3,(H,56,59)/b7-5-,13-11-,16-15-,19-18-,22-21-,25-24-,28-27-,31-30-,34-33-,37-36-,40-39-,43-42-,50-48+. The first kappa shape index (κ1) is 55.0. The quantitative estimate of drug-likeness (QED) is 0.0428. The Morgan fingerprint density at radius 1 is 0.424 bits per heavy atom. The van der Waals surface area contributed by atoms with Crippen LogP contribution in [0.4, 0.5) is 0 Å². The van der Waals surface area contributed by atoms with E-state index in [4.69, 9.17) is 0 Å². The number of rotatable bonds is 39. The third kappa shape index (κ3) is 45.0. The number of nitrogens with one attached hydrogen (secondary N) is 1. The Morgan fingerprint density at radius 2 is 0.746 bits per heavy atom. The molecule has 0 aliphatic carbocycles. The summed E-state index contributed by atoms with van der Waals surface area (Å²) in [5.41, 5.74) is 0. The lowest BCUT2D eigenvalue weighted by Crippen LogP contribution is -2.45. The van der Waals surface area contributed by atoms with Gasteiger partial charge in [-0.1, -0.05) is 204 Å². The van der Waals surface area contributed by atoms with Crippen molar-refractivity contribution in [2.45, 2.75) is 174 Å². The second kappa shape index (κ2) is 48.4. The SMILES string of the molecule is CC/C=C\C/C=C\C/C=C\C/C=C\C/C=C\C/C=C\C/C=C\C/C=C\C/C=C\C/C=C\C/C=C\C/C=C\CCCCC(=O)NC(CO)C(O)/C=C/CCCCCCCC. The minimum Gasteiger partial charge on any atom is -0.394 e. The number of hydrogen-bond donors (Lipinski definition) is 3. The van der Waals surface area contributed by atoms with E-state index in [1.54, 1.807) is 6.08 Å². The normalized spacial score (nSPS) is 14.4. The summed E-state index contributed by atoms with van der Waals surface area (Å²) in [5, 5.41) is 22.8. The van der Waals surface area contributed by atoms with Gasteiger partial charge in [-0.25, -0.2) is 0 Å². The first-order valence-electron chi connectivity index (χ1n) is 23.2. The third-order valence-electron chi connectivity index (χ3n) is 9.27. The van der Waals surface area contributed by atoms with Crippen LogP contribution in [0.1, 0.15) is 162 Å². The highest BCUT2D eigenvalue weighted by atomic mass is 16.3. The minimum atomic E-state index is -0.866. The zero-order valence-corrected chi connectivity index (χ0v) is 37.4. The highest BCUT2D eigenvalue weighted by Crippen LogP contribution is 2.09. The Hall–Kier alpha value is -3.99. The average Bonchev–Trinajstić information content (AvgIpc) is 3.24. The van der Waals surface area contributed by atoms with Crippen LogP contribution in [-0.2, 0) is 4.79 Å². The average molecular weight is 808 g/mol. The molecule has 328 valence electrons. The van der Waals surface area contributed by atoms with E-state index in [2.05, 4.69) is 165 Å². The Balaban J connectivity index is 3.76. The van der Waals surface area contributed by atoms with Crippen molar-refractivity contribution in [3.05, 3.63) is 158 Å². The van der Waals surface area contributed by atoms with E-state index in [0.29, 0.717) is 6.42 Å². The molecule has 0 saturated heterocycles. The second-order valence-electron chi connectivity index (χ2n) is 14.7. The molecule has 4 heteroatoms. The van der Waals surface area contributed by atoms with E-state index in [-0.39, 0.29) is 12.5 Å². The Morgan fingerprint density at radius 3 is 1.12 bits per heavy atom. The van der Waals surface area contributed by atoms with Crippen molar-refractivity contribution in [2.24, 2.45) is 0 Å². The maximum atomic E-state index is 12.3. The number of carbonyl (C=O) groups excluding carboxylic acids is 1. The molecule has 4 nitrogen and oxygen atoms in total. The Kier molecular flexibility index (Phi) is 45.1. The number of aliphatic hydroxyl groups excluding tert-OH is 2. The van der Waals surface area contributed by atoms with Gasteiger partial charge in [-0.15, -0.1) is 0 Å². The zero-order valence-electron chi connectivity index (χ0n) is 37.4. The number of allylic oxidation sites excluding steroid dienone is 25. The summed E-state index contributed by atoms with van der Waals surface area (Å²) in [4.78, 5) is 12.3. The third-order valence-corrected chi connectivity index (χ3v) is 9.27. The first-order chi connectivity index (χ1) is 29.2. The van der Waals surface area contributed by atoms with Crippen molar-refractivity contribution < 1.29 is 15.0 Å². The number of carbonyl (C=O) groups is 1. The summed E-state index contributed by atoms with van der Waals surface area (Å²) < 4.78 is 0. The fourth-order valence-corrected chi connectivity index (χ4v) is 5.74. The summed E-state index contributed by atoms with van der Waals surface area (Å²) >= 11 is 0. The van der Waals surface area contributed by atoms with Gasteiger partial charge in [0.25, 0.3) is 0 Å². The van der Waals surface area contributed by atoms with Gasteiger partial charge in [0.2, 0.25) is 5.91 Å². The van der Waals surface area contributed by atoms with Gasteiger partial charge in [-0.2, -0.15) is 0 Å². The number of hydrogen-bond acceptors (Lipinski definition) is 3. The van der Waals surface area contributed by atoms with Crippen LogP contribution in [0.15, 0.2) is 158 Å². The smallest absolute Gasteiger partial charge is 0.220 e. The van der Waals surface area contributed by atoms with Crippen LogP contribution in [0.5, 0.6) is 0 Å². The molecular weight excluding hydrogens is 723 g/mol. The molecule has 0 aliphatic rings. The molecule has 0 aliphatic heterocycles. The number of aliphatic hydroxyl groups is 2. The maximum absolute atomic E-state index is 12.3. The van der Waals surface area contributed by atoms with Crippen LogP contribution in [0.2, 0.25) is 0 Å². The molecule has 2 atom stereocenters. The van der Waals surface area contributed by atoms with E-state index >= 15 is 0 Å². The van der Waals surface area contributed by atoms with Gasteiger partial charge < -0.3 is 15.5 Å². The van der Waals surface area contributed by atoms with Crippen molar-refractivity contribution in [3.63, 3.8) is 0 Å². The molecular formula is C55H85NO3. The lowest BCUT2D eigenvalue weighted by Gasteiger charge is -2.19. The van der Waals surface area contributed by atoms with Gasteiger partial charge in [-0.3, -0.25) is 4.79 Å². The molecule has 1 amide bonds. The highest BCUT2D eigenvalue weighted by molar-refractivity contribution is 5.76. The molecule has 0 bridgehead atoms. The largest absolute Gasteiger partial charge is 0.394 e. The highest BCUT2D eigenvalue weighted by Gasteiger charge is 2.17. The second-order valence-corrected chi connectivity index (χ2v) is 14.7. The molecule has 0 heterocycles. The van der Waals surface area contributed by atoms with Gasteiger partial charge >= 0.3 is 0 Å². The van der Waals surface area contributed by atoms with Gasteiger partial charge in [0.05, 0.1) is 18.8 Å². The molecule has 0 saturated carbocycles. The molecule has 0 spiro atoms. The summed E-state index contributed by atoms with van der Waals surface area (Å²) in [6, 6.07) is -0.654. The predicted octanol–water partition coefficient (Wildman–Crippen LogP) is 15.1. The number of amides is 1. The molecule has 0 fully saturated rings. The first-order valence-corrected chi connectivity index (χ1v) is 23.2. The van der Waals surface area contributed by atoms with E-state index in [1.807, 2.05) is 6.08 Å². The number of unbranched alkanes of at least 4 members (excludes halogenated alkanes) is 8. The van der Waals surface area contributed by atoms with E-state index in [0.717, 1.165) is 109 Å². The molecule has 0 radical (unpaired) electrons. The maximum Gasteiger partial charge on any atom is 0.220 e. The minimum absolute atomic E-state index is 0.118. The molecule has 59 heavy (non-hydrogen) atoms. The fraction of sp³-hybridized carbons (Fsp3) is 0.509. The monoisotopic (exact) mass is 808 g/mol. The lowest BCUT2D eigenvalue weighted by atomic mass is 10.1. The Labute approximate surface area is 363 Å². The zero-order chi connectivity index (χ0) is 42.8. The van der Waals surface area contributed by atoms with Crippen LogP contribution < -0.4 is 5.32 Å². The Bertz CT molecular complexity index is 1330. The molecule has 0 aromatic rings. The van der Waals surface area contributed by atoms with Crippen LogP contribution in [0.25, 0.3) is 0 Å². The van der Waals surface area contributed by atoms with Crippen LogP contribution >= 0.6 is 0 Å². The van der Waals surface area contributed by atoms with E-state index in [9.17, 15) is 15.0 Å². The van der Waals surface area contributed by atoms with Crippen molar-refractivity contribution in [3.8, 4) is 0 Å². The van der Waals surface area contributed by atoms with Gasteiger partial charge in [0, 0.05) is 6.42 Å². The van der Waals surface area contributed by atoms with Gasteiger partial charge in [-0.05, 0) is 109 Å². The van der Waals surface area contributed by atoms with Crippen molar-refractivity contribution in [1.82, 2.24) is 5.32 Å². The van der Waals surface area contributed by atoms with E-state index < -0.39 is 12.1 Å². The summed E-state index contributed by atoms with van der Waals surface area (Å²) in [7, 11) is 0. The summed E-state index contributed by atoms with van der Waals surface area (Å²) in [6.07, 6.45) is 79.4. The van der Waals surface area contributed by atoms with Crippen LogP contribution in [0, 0.1) is 0 Å². The van der Waals surface area contributed by atoms with Crippen LogP contribution in [0.3, 0.4) is 0 Å². The predicted molar refractivity (Wildman–Crippen MR) is 261 cm³/mol. The van der Waals surface area contributed by atoms with Crippen molar-refractivity contribution in [1.29, 1.82) is 0 Å². The van der Waals surface area contributed by atoms with Gasteiger partial charge in [0.15, 0.2) is 0 Å². The molecule has 3 N–H and O–H groups in total. The molecule has 0 rings (SSSR count). The van der Waals surface area contributed by atoms with Crippen molar-refractivity contribution >= 4 is 5.91 Å². The van der Waals surface area contributed by atoms with Gasteiger partial charge in [0.1, 0.15) is 0 Å². The fourth-order valence-electron chi connectivity index (χ4n) is 5.74. The molecule has 0 aromatic heterocycles. The van der Waals surface area contributed by atoms with E-state index in [1.165, 1.54) is 32.1 Å². The molecule has 2 unspecified atom stereocenters. The summed E-state index contributed by atoms with van der Waals surface area (Å²) in [6.45, 7) is 4.10. The summed E-state index contributed by atoms with van der Waals surface area (Å²) in [5.74, 6) is -0.118. The topological polar surface area (TPSA) is 69.6 Å².